The number of carboxylic acids is 1. The van der Waals surface area contributed by atoms with Crippen LogP contribution in [0.3, 0.4) is 0 Å². The Morgan fingerprint density at radius 2 is 2.05 bits per heavy atom. The van der Waals surface area contributed by atoms with Crippen molar-refractivity contribution in [3.05, 3.63) is 35.4 Å². The van der Waals surface area contributed by atoms with E-state index in [0.29, 0.717) is 6.54 Å². The number of urea groups is 1. The summed E-state index contributed by atoms with van der Waals surface area (Å²) in [6.45, 7) is 2.66. The number of hydrogen-bond acceptors (Lipinski definition) is 3. The second-order valence-electron chi connectivity index (χ2n) is 4.92. The van der Waals surface area contributed by atoms with Gasteiger partial charge in [-0.15, -0.1) is 0 Å². The highest BCUT2D eigenvalue weighted by Gasteiger charge is 2.15. The van der Waals surface area contributed by atoms with Crippen molar-refractivity contribution in [3.63, 3.8) is 0 Å². The topological polar surface area (TPSA) is 78.9 Å². The summed E-state index contributed by atoms with van der Waals surface area (Å²) in [5.41, 5.74) is 2.20. The fourth-order valence-corrected chi connectivity index (χ4v) is 1.88. The van der Waals surface area contributed by atoms with Crippen LogP contribution in [0.5, 0.6) is 0 Å². The van der Waals surface area contributed by atoms with Crippen LogP contribution in [-0.2, 0) is 16.1 Å². The summed E-state index contributed by atoms with van der Waals surface area (Å²) in [5, 5.41) is 11.4. The van der Waals surface area contributed by atoms with E-state index in [2.05, 4.69) is 5.32 Å². The number of hydrogen-bond donors (Lipinski definition) is 2. The van der Waals surface area contributed by atoms with Crippen LogP contribution in [0.1, 0.15) is 17.5 Å². The zero-order valence-electron chi connectivity index (χ0n) is 12.6. The molecule has 2 amide bonds. The molecule has 1 aromatic rings. The number of carboxylic acid groups (broad SMARTS) is 1. The van der Waals surface area contributed by atoms with Crippen molar-refractivity contribution in [2.75, 3.05) is 20.7 Å². The van der Waals surface area contributed by atoms with E-state index in [1.165, 1.54) is 7.11 Å². The Balaban J connectivity index is 2.47. The zero-order valence-corrected chi connectivity index (χ0v) is 12.6. The first-order valence-corrected chi connectivity index (χ1v) is 6.72. The lowest BCUT2D eigenvalue weighted by molar-refractivity contribution is -0.139. The first-order chi connectivity index (χ1) is 9.93. The molecule has 1 atom stereocenters. The van der Waals surface area contributed by atoms with Crippen LogP contribution in [-0.4, -0.2) is 48.8 Å². The summed E-state index contributed by atoms with van der Waals surface area (Å²) in [7, 11) is 3.12. The molecule has 1 unspecified atom stereocenters. The number of nitrogens with one attached hydrogen (secondary N) is 1. The molecule has 1 aromatic carbocycles. The van der Waals surface area contributed by atoms with E-state index < -0.39 is 12.1 Å². The second kappa shape index (κ2) is 8.26. The largest absolute Gasteiger partial charge is 0.481 e. The molecular formula is C15H22N2O4. The SMILES string of the molecule is COC(CNC(=O)N(C)Cc1ccccc1C)CC(=O)O. The number of aryl methyl sites for hydroxylation is 1. The number of carbonyl (C=O) groups is 2. The van der Waals surface area contributed by atoms with Gasteiger partial charge in [-0.05, 0) is 18.1 Å². The lowest BCUT2D eigenvalue weighted by Gasteiger charge is -2.21. The standard InChI is InChI=1S/C15H22N2O4/c1-11-6-4-5-7-12(11)10-17(2)15(20)16-9-13(21-3)8-14(18)19/h4-7,13H,8-10H2,1-3H3,(H,16,20)(H,18,19). The average molecular weight is 294 g/mol. The van der Waals surface area contributed by atoms with Crippen LogP contribution in [0.2, 0.25) is 0 Å². The Morgan fingerprint density at radius 3 is 2.62 bits per heavy atom. The van der Waals surface area contributed by atoms with Crippen LogP contribution in [0.15, 0.2) is 24.3 Å². The van der Waals surface area contributed by atoms with Gasteiger partial charge in [0.25, 0.3) is 0 Å². The van der Waals surface area contributed by atoms with E-state index in [4.69, 9.17) is 9.84 Å². The fraction of sp³-hybridized carbons (Fsp3) is 0.467. The average Bonchev–Trinajstić information content (AvgIpc) is 2.45. The molecular weight excluding hydrogens is 272 g/mol. The molecule has 0 aliphatic heterocycles. The summed E-state index contributed by atoms with van der Waals surface area (Å²) in [6, 6.07) is 7.59. The minimum absolute atomic E-state index is 0.141. The van der Waals surface area contributed by atoms with Crippen molar-refractivity contribution in [2.45, 2.75) is 26.0 Å². The van der Waals surface area contributed by atoms with Gasteiger partial charge in [-0.1, -0.05) is 24.3 Å². The van der Waals surface area contributed by atoms with Gasteiger partial charge >= 0.3 is 12.0 Å². The van der Waals surface area contributed by atoms with Crippen molar-refractivity contribution in [3.8, 4) is 0 Å². The molecule has 0 saturated heterocycles. The van der Waals surface area contributed by atoms with Gasteiger partial charge < -0.3 is 20.1 Å². The van der Waals surface area contributed by atoms with Gasteiger partial charge in [-0.2, -0.15) is 0 Å². The van der Waals surface area contributed by atoms with Crippen LogP contribution in [0, 0.1) is 6.92 Å². The van der Waals surface area contributed by atoms with E-state index >= 15 is 0 Å². The van der Waals surface area contributed by atoms with Crippen LogP contribution < -0.4 is 5.32 Å². The quantitative estimate of drug-likeness (QED) is 0.801. The molecule has 0 saturated carbocycles. The number of carbonyl (C=O) groups excluding carboxylic acids is 1. The van der Waals surface area contributed by atoms with Crippen molar-refractivity contribution >= 4 is 12.0 Å². The Bertz CT molecular complexity index is 490. The predicted octanol–water partition coefficient (Wildman–Crippen LogP) is 1.63. The second-order valence-corrected chi connectivity index (χ2v) is 4.92. The summed E-state index contributed by atoms with van der Waals surface area (Å²) in [5.74, 6) is -0.954. The maximum atomic E-state index is 12.0. The summed E-state index contributed by atoms with van der Waals surface area (Å²) >= 11 is 0. The maximum absolute atomic E-state index is 12.0. The molecule has 0 aromatic heterocycles. The molecule has 0 heterocycles. The number of nitrogens with zero attached hydrogens (tertiary/aromatic N) is 1. The highest BCUT2D eigenvalue weighted by atomic mass is 16.5. The van der Waals surface area contributed by atoms with Crippen LogP contribution in [0.25, 0.3) is 0 Å². The molecule has 0 fully saturated rings. The third-order valence-corrected chi connectivity index (χ3v) is 3.23. The van der Waals surface area contributed by atoms with Gasteiger partial charge in [0.15, 0.2) is 0 Å². The molecule has 6 heteroatoms. The Morgan fingerprint density at radius 1 is 1.38 bits per heavy atom. The van der Waals surface area contributed by atoms with Gasteiger partial charge in [0, 0.05) is 27.2 Å². The molecule has 0 spiro atoms. The molecule has 6 nitrogen and oxygen atoms in total. The molecule has 0 bridgehead atoms. The first-order valence-electron chi connectivity index (χ1n) is 6.72. The van der Waals surface area contributed by atoms with Crippen molar-refractivity contribution in [1.82, 2.24) is 10.2 Å². The molecule has 1 rings (SSSR count). The van der Waals surface area contributed by atoms with Crippen LogP contribution in [0.4, 0.5) is 4.79 Å². The van der Waals surface area contributed by atoms with E-state index in [-0.39, 0.29) is 19.0 Å². The Hall–Kier alpha value is -2.08. The van der Waals surface area contributed by atoms with Gasteiger partial charge in [0.2, 0.25) is 0 Å². The van der Waals surface area contributed by atoms with E-state index in [1.807, 2.05) is 31.2 Å². The molecule has 2 N–H and O–H groups in total. The van der Waals surface area contributed by atoms with E-state index in [0.717, 1.165) is 11.1 Å². The Labute approximate surface area is 124 Å². The van der Waals surface area contributed by atoms with Gasteiger partial charge in [0.05, 0.1) is 12.5 Å². The monoisotopic (exact) mass is 294 g/mol. The van der Waals surface area contributed by atoms with Gasteiger partial charge in [-0.3, -0.25) is 4.79 Å². The number of ether oxygens (including phenoxy) is 1. The van der Waals surface area contributed by atoms with Crippen molar-refractivity contribution in [2.24, 2.45) is 0 Å². The number of rotatable bonds is 7. The van der Waals surface area contributed by atoms with E-state index in [1.54, 1.807) is 11.9 Å². The lowest BCUT2D eigenvalue weighted by atomic mass is 10.1. The zero-order chi connectivity index (χ0) is 15.8. The first kappa shape index (κ1) is 17.0. The molecule has 0 radical (unpaired) electrons. The molecule has 0 aliphatic rings. The Kier molecular flexibility index (Phi) is 6.68. The number of benzene rings is 1. The maximum Gasteiger partial charge on any atom is 0.317 e. The van der Waals surface area contributed by atoms with E-state index in [9.17, 15) is 9.59 Å². The normalized spacial score (nSPS) is 11.8. The summed E-state index contributed by atoms with van der Waals surface area (Å²) in [4.78, 5) is 24.2. The van der Waals surface area contributed by atoms with Gasteiger partial charge in [0.1, 0.15) is 0 Å². The summed E-state index contributed by atoms with van der Waals surface area (Å²) in [6.07, 6.45) is -0.670. The minimum Gasteiger partial charge on any atom is -0.481 e. The number of methoxy groups -OCH3 is 1. The third-order valence-electron chi connectivity index (χ3n) is 3.23. The van der Waals surface area contributed by atoms with Crippen molar-refractivity contribution < 1.29 is 19.4 Å². The lowest BCUT2D eigenvalue weighted by Crippen LogP contribution is -2.41. The highest BCUT2D eigenvalue weighted by molar-refractivity contribution is 5.74. The highest BCUT2D eigenvalue weighted by Crippen LogP contribution is 2.09. The molecule has 21 heavy (non-hydrogen) atoms. The number of amides is 2. The fourth-order valence-electron chi connectivity index (χ4n) is 1.88. The van der Waals surface area contributed by atoms with Crippen molar-refractivity contribution in [1.29, 1.82) is 0 Å². The van der Waals surface area contributed by atoms with Gasteiger partial charge in [-0.25, -0.2) is 4.79 Å². The minimum atomic E-state index is -0.954. The smallest absolute Gasteiger partial charge is 0.317 e. The third kappa shape index (κ3) is 5.83. The molecule has 0 aliphatic carbocycles. The number of aliphatic carboxylic acids is 1. The predicted molar refractivity (Wildman–Crippen MR) is 79.1 cm³/mol. The molecule has 116 valence electrons. The summed E-state index contributed by atoms with van der Waals surface area (Å²) < 4.78 is 5.01. The van der Waals surface area contributed by atoms with Crippen LogP contribution >= 0.6 is 0 Å².